The molecule has 1 unspecified atom stereocenters. The van der Waals surface area contributed by atoms with Crippen molar-refractivity contribution in [2.24, 2.45) is 5.92 Å². The highest BCUT2D eigenvalue weighted by Gasteiger charge is 2.35. The molecular weight excluding hydrogens is 249 g/mol. The first-order valence-corrected chi connectivity index (χ1v) is 5.44. The van der Waals surface area contributed by atoms with Gasteiger partial charge >= 0.3 is 6.36 Å². The van der Waals surface area contributed by atoms with E-state index in [1.807, 2.05) is 0 Å². The van der Waals surface area contributed by atoms with Crippen LogP contribution in [-0.2, 0) is 4.79 Å². The van der Waals surface area contributed by atoms with E-state index in [1.54, 1.807) is 0 Å². The number of Topliss-reactive ketones (excluding diaryl/α,β-unsaturated/α-hetero) is 1. The third-order valence-corrected chi connectivity index (χ3v) is 2.66. The van der Waals surface area contributed by atoms with Crippen molar-refractivity contribution < 1.29 is 27.8 Å². The minimum Gasteiger partial charge on any atom is -0.406 e. The van der Waals surface area contributed by atoms with Crippen LogP contribution in [0.25, 0.3) is 0 Å². The summed E-state index contributed by atoms with van der Waals surface area (Å²) in [7, 11) is 0. The van der Waals surface area contributed by atoms with Crippen LogP contribution in [0.3, 0.4) is 0 Å². The zero-order valence-electron chi connectivity index (χ0n) is 9.28. The maximum Gasteiger partial charge on any atom is 0.573 e. The smallest absolute Gasteiger partial charge is 0.406 e. The zero-order chi connectivity index (χ0) is 13.3. The number of ketones is 1. The van der Waals surface area contributed by atoms with Gasteiger partial charge in [-0.3, -0.25) is 4.79 Å². The number of carbonyl (C=O) groups excluding carboxylic acids is 1. The Kier molecular flexibility index (Phi) is 3.30. The highest BCUT2D eigenvalue weighted by Crippen LogP contribution is 2.35. The number of aliphatic hydroxyl groups is 1. The molecule has 1 aromatic rings. The van der Waals surface area contributed by atoms with E-state index >= 15 is 0 Å². The molecule has 98 valence electrons. The SMILES string of the molecule is O=C(C1CC1)C(O)c1cccc(OC(F)(F)F)c1. The van der Waals surface area contributed by atoms with E-state index in [1.165, 1.54) is 12.1 Å². The summed E-state index contributed by atoms with van der Waals surface area (Å²) in [6.07, 6.45) is -4.71. The lowest BCUT2D eigenvalue weighted by Gasteiger charge is -2.12. The standard InChI is InChI=1S/C12H11F3O3/c13-12(14,15)18-9-3-1-2-8(6-9)11(17)10(16)7-4-5-7/h1-3,6-7,11,17H,4-5H2. The van der Waals surface area contributed by atoms with Gasteiger partial charge in [0.05, 0.1) is 0 Å². The number of carbonyl (C=O) groups is 1. The molecule has 0 heterocycles. The average Bonchev–Trinajstić information content (AvgIpc) is 3.09. The van der Waals surface area contributed by atoms with Gasteiger partial charge in [-0.25, -0.2) is 0 Å². The molecule has 6 heteroatoms. The molecule has 1 aliphatic carbocycles. The van der Waals surface area contributed by atoms with Crippen LogP contribution in [0.1, 0.15) is 24.5 Å². The fourth-order valence-corrected chi connectivity index (χ4v) is 1.64. The van der Waals surface area contributed by atoms with E-state index in [2.05, 4.69) is 4.74 Å². The molecule has 2 rings (SSSR count). The van der Waals surface area contributed by atoms with Crippen LogP contribution in [0.5, 0.6) is 5.75 Å². The number of aliphatic hydroxyl groups excluding tert-OH is 1. The van der Waals surface area contributed by atoms with Crippen molar-refractivity contribution in [3.05, 3.63) is 29.8 Å². The summed E-state index contributed by atoms with van der Waals surface area (Å²) in [6, 6.07) is 4.84. The van der Waals surface area contributed by atoms with Crippen molar-refractivity contribution in [3.8, 4) is 5.75 Å². The average molecular weight is 260 g/mol. The molecule has 1 aliphatic rings. The molecular formula is C12H11F3O3. The summed E-state index contributed by atoms with van der Waals surface area (Å²) < 4.78 is 39.8. The van der Waals surface area contributed by atoms with Crippen LogP contribution in [0.15, 0.2) is 24.3 Å². The van der Waals surface area contributed by atoms with Gasteiger partial charge in [0.15, 0.2) is 5.78 Å². The Bertz CT molecular complexity index is 452. The Hall–Kier alpha value is -1.56. The van der Waals surface area contributed by atoms with Crippen molar-refractivity contribution in [2.75, 3.05) is 0 Å². The van der Waals surface area contributed by atoms with E-state index in [9.17, 15) is 23.1 Å². The Morgan fingerprint density at radius 3 is 2.61 bits per heavy atom. The second-order valence-corrected chi connectivity index (χ2v) is 4.20. The Balaban J connectivity index is 2.13. The molecule has 0 spiro atoms. The lowest BCUT2D eigenvalue weighted by Crippen LogP contribution is -2.18. The molecule has 1 atom stereocenters. The highest BCUT2D eigenvalue weighted by atomic mass is 19.4. The van der Waals surface area contributed by atoms with E-state index in [4.69, 9.17) is 0 Å². The van der Waals surface area contributed by atoms with E-state index in [0.717, 1.165) is 25.0 Å². The number of halogens is 3. The quantitative estimate of drug-likeness (QED) is 0.905. The molecule has 18 heavy (non-hydrogen) atoms. The van der Waals surface area contributed by atoms with Gasteiger partial charge in [-0.2, -0.15) is 0 Å². The second kappa shape index (κ2) is 4.61. The predicted octanol–water partition coefficient (Wildman–Crippen LogP) is 2.60. The molecule has 3 nitrogen and oxygen atoms in total. The lowest BCUT2D eigenvalue weighted by molar-refractivity contribution is -0.274. The maximum atomic E-state index is 12.0. The lowest BCUT2D eigenvalue weighted by atomic mass is 10.0. The summed E-state index contributed by atoms with van der Waals surface area (Å²) in [6.45, 7) is 0. The number of hydrogen-bond donors (Lipinski definition) is 1. The van der Waals surface area contributed by atoms with Crippen molar-refractivity contribution in [1.29, 1.82) is 0 Å². The van der Waals surface area contributed by atoms with Crippen molar-refractivity contribution in [1.82, 2.24) is 0 Å². The van der Waals surface area contributed by atoms with Gasteiger partial charge in [0, 0.05) is 5.92 Å². The molecule has 0 radical (unpaired) electrons. The van der Waals surface area contributed by atoms with Gasteiger partial charge in [-0.15, -0.1) is 13.2 Å². The van der Waals surface area contributed by atoms with Gasteiger partial charge in [0.1, 0.15) is 11.9 Å². The summed E-state index contributed by atoms with van der Waals surface area (Å²) >= 11 is 0. The third-order valence-electron chi connectivity index (χ3n) is 2.66. The first-order chi connectivity index (χ1) is 8.37. The van der Waals surface area contributed by atoms with Crippen LogP contribution in [-0.4, -0.2) is 17.3 Å². The summed E-state index contributed by atoms with van der Waals surface area (Å²) in [4.78, 5) is 11.6. The van der Waals surface area contributed by atoms with Crippen molar-refractivity contribution in [2.45, 2.75) is 25.3 Å². The monoisotopic (exact) mass is 260 g/mol. The fourth-order valence-electron chi connectivity index (χ4n) is 1.64. The number of benzene rings is 1. The van der Waals surface area contributed by atoms with Crippen LogP contribution in [0, 0.1) is 5.92 Å². The summed E-state index contributed by atoms with van der Waals surface area (Å²) in [5.74, 6) is -0.950. The van der Waals surface area contributed by atoms with Crippen molar-refractivity contribution >= 4 is 5.78 Å². The maximum absolute atomic E-state index is 12.0. The van der Waals surface area contributed by atoms with E-state index in [0.29, 0.717) is 0 Å². The Morgan fingerprint density at radius 2 is 2.06 bits per heavy atom. The Labute approximate surface area is 101 Å². The van der Waals surface area contributed by atoms with Gasteiger partial charge in [0.2, 0.25) is 0 Å². The van der Waals surface area contributed by atoms with Crippen LogP contribution < -0.4 is 4.74 Å². The minimum absolute atomic E-state index is 0.119. The second-order valence-electron chi connectivity index (χ2n) is 4.20. The molecule has 1 fully saturated rings. The normalized spacial score (nSPS) is 17.3. The first kappa shape index (κ1) is 12.9. The predicted molar refractivity (Wildman–Crippen MR) is 55.8 cm³/mol. The molecule has 0 saturated heterocycles. The summed E-state index contributed by atoms with van der Waals surface area (Å²) in [5, 5.41) is 9.74. The third kappa shape index (κ3) is 3.22. The number of ether oxygens (including phenoxy) is 1. The molecule has 1 aromatic carbocycles. The largest absolute Gasteiger partial charge is 0.573 e. The zero-order valence-corrected chi connectivity index (χ0v) is 9.28. The minimum atomic E-state index is -4.79. The molecule has 1 N–H and O–H groups in total. The van der Waals surface area contributed by atoms with Gasteiger partial charge < -0.3 is 9.84 Å². The summed E-state index contributed by atoms with van der Waals surface area (Å²) in [5.41, 5.74) is 0.119. The van der Waals surface area contributed by atoms with E-state index in [-0.39, 0.29) is 17.3 Å². The molecule has 0 aromatic heterocycles. The topological polar surface area (TPSA) is 46.5 Å². The number of hydrogen-bond acceptors (Lipinski definition) is 3. The molecule has 0 amide bonds. The van der Waals surface area contributed by atoms with Crippen LogP contribution >= 0.6 is 0 Å². The fraction of sp³-hybridized carbons (Fsp3) is 0.417. The van der Waals surface area contributed by atoms with Crippen LogP contribution in [0.2, 0.25) is 0 Å². The van der Waals surface area contributed by atoms with Crippen LogP contribution in [0.4, 0.5) is 13.2 Å². The highest BCUT2D eigenvalue weighted by molar-refractivity contribution is 5.88. The van der Waals surface area contributed by atoms with E-state index < -0.39 is 18.2 Å². The first-order valence-electron chi connectivity index (χ1n) is 5.44. The molecule has 0 bridgehead atoms. The van der Waals surface area contributed by atoms with Gasteiger partial charge in [0.25, 0.3) is 0 Å². The molecule has 0 aliphatic heterocycles. The number of alkyl halides is 3. The number of rotatable bonds is 4. The van der Waals surface area contributed by atoms with Gasteiger partial charge in [-0.05, 0) is 30.5 Å². The van der Waals surface area contributed by atoms with Gasteiger partial charge in [-0.1, -0.05) is 12.1 Å². The molecule has 1 saturated carbocycles. The van der Waals surface area contributed by atoms with Crippen molar-refractivity contribution in [3.63, 3.8) is 0 Å². The Morgan fingerprint density at radius 1 is 1.39 bits per heavy atom.